The maximum Gasteiger partial charge on any atom is 0.0920 e. The zero-order chi connectivity index (χ0) is 13.2. The Labute approximate surface area is 144 Å². The summed E-state index contributed by atoms with van der Waals surface area (Å²) in [6, 6.07) is 0. The molecule has 0 N–H and O–H groups in total. The van der Waals surface area contributed by atoms with E-state index in [0.717, 1.165) is 0 Å². The molecule has 0 aliphatic carbocycles. The molecular weight excluding hydrogens is 496 g/mol. The summed E-state index contributed by atoms with van der Waals surface area (Å²) < 4.78 is 8.15. The van der Waals surface area contributed by atoms with Gasteiger partial charge in [-0.2, -0.15) is 0 Å². The van der Waals surface area contributed by atoms with Gasteiger partial charge in [-0.25, -0.2) is 0 Å². The standard InChI is InChI=1S/C11H9Br3S3Si/c1-18(2,3)11-7(13)5-4-6(12)8(14)15-9(4)16-10(5)17-11/h1-3H3. The van der Waals surface area contributed by atoms with Crippen molar-refractivity contribution in [3.63, 3.8) is 0 Å². The minimum atomic E-state index is -1.27. The van der Waals surface area contributed by atoms with Crippen LogP contribution in [0.1, 0.15) is 0 Å². The predicted octanol–water partition coefficient (Wildman–Crippen LogP) is 7.01. The summed E-state index contributed by atoms with van der Waals surface area (Å²) >= 11 is 16.9. The van der Waals surface area contributed by atoms with E-state index in [2.05, 4.69) is 67.4 Å². The van der Waals surface area contributed by atoms with Crippen molar-refractivity contribution < 1.29 is 0 Å². The summed E-state index contributed by atoms with van der Waals surface area (Å²) in [4.78, 5) is 0. The van der Waals surface area contributed by atoms with Crippen molar-refractivity contribution in [3.8, 4) is 0 Å². The molecule has 0 aliphatic rings. The third-order valence-corrected chi connectivity index (χ3v) is 13.7. The van der Waals surface area contributed by atoms with Gasteiger partial charge in [-0.15, -0.1) is 34.0 Å². The monoisotopic (exact) mass is 502 g/mol. The molecule has 3 aromatic rings. The van der Waals surface area contributed by atoms with Gasteiger partial charge in [0.2, 0.25) is 0 Å². The van der Waals surface area contributed by atoms with Crippen LogP contribution in [0.4, 0.5) is 0 Å². The maximum atomic E-state index is 3.85. The highest BCUT2D eigenvalue weighted by Gasteiger charge is 2.27. The Morgan fingerprint density at radius 2 is 1.33 bits per heavy atom. The quantitative estimate of drug-likeness (QED) is 0.312. The van der Waals surface area contributed by atoms with Crippen LogP contribution in [0, 0.1) is 0 Å². The first kappa shape index (κ1) is 14.2. The highest BCUT2D eigenvalue weighted by Crippen LogP contribution is 2.51. The second kappa shape index (κ2) is 4.64. The van der Waals surface area contributed by atoms with Gasteiger partial charge in [0, 0.05) is 19.7 Å². The SMILES string of the molecule is C[Si](C)(C)c1sc2sc3sc(Br)c(Br)c3c2c1Br. The summed E-state index contributed by atoms with van der Waals surface area (Å²) in [5, 5.41) is 2.78. The molecular formula is C11H9Br3S3Si. The van der Waals surface area contributed by atoms with E-state index in [-0.39, 0.29) is 0 Å². The third kappa shape index (κ3) is 2.05. The van der Waals surface area contributed by atoms with Gasteiger partial charge in [-0.05, 0) is 47.8 Å². The fourth-order valence-electron chi connectivity index (χ4n) is 1.89. The van der Waals surface area contributed by atoms with Gasteiger partial charge in [-0.1, -0.05) is 19.6 Å². The molecule has 0 fully saturated rings. The van der Waals surface area contributed by atoms with E-state index in [1.54, 1.807) is 4.50 Å². The summed E-state index contributed by atoms with van der Waals surface area (Å²) in [6.07, 6.45) is 0. The summed E-state index contributed by atoms with van der Waals surface area (Å²) in [5.74, 6) is 0. The van der Waals surface area contributed by atoms with Gasteiger partial charge < -0.3 is 0 Å². The summed E-state index contributed by atoms with van der Waals surface area (Å²) in [6.45, 7) is 7.22. The van der Waals surface area contributed by atoms with Gasteiger partial charge >= 0.3 is 0 Å². The lowest BCUT2D eigenvalue weighted by Gasteiger charge is -2.13. The molecule has 96 valence electrons. The molecule has 3 heterocycles. The number of hydrogen-bond acceptors (Lipinski definition) is 3. The molecule has 0 amide bonds. The molecule has 0 saturated carbocycles. The maximum absolute atomic E-state index is 3.85. The lowest BCUT2D eigenvalue weighted by atomic mass is 10.3. The van der Waals surface area contributed by atoms with Crippen LogP contribution in [0.2, 0.25) is 19.6 Å². The smallest absolute Gasteiger partial charge is 0.0920 e. The Morgan fingerprint density at radius 1 is 0.778 bits per heavy atom. The lowest BCUT2D eigenvalue weighted by Crippen LogP contribution is -2.35. The van der Waals surface area contributed by atoms with E-state index in [1.165, 1.54) is 31.5 Å². The van der Waals surface area contributed by atoms with Gasteiger partial charge in [0.15, 0.2) is 0 Å². The van der Waals surface area contributed by atoms with Gasteiger partial charge in [0.25, 0.3) is 0 Å². The number of thiophene rings is 3. The molecule has 7 heteroatoms. The van der Waals surface area contributed by atoms with Crippen molar-refractivity contribution in [1.82, 2.24) is 0 Å². The molecule has 0 unspecified atom stereocenters. The topological polar surface area (TPSA) is 0 Å². The number of hydrogen-bond donors (Lipinski definition) is 0. The Morgan fingerprint density at radius 3 is 1.94 bits per heavy atom. The lowest BCUT2D eigenvalue weighted by molar-refractivity contribution is 1.78. The summed E-state index contributed by atoms with van der Waals surface area (Å²) in [5.41, 5.74) is 0. The normalized spacial score (nSPS) is 13.0. The van der Waals surface area contributed by atoms with Crippen LogP contribution in [0.15, 0.2) is 12.7 Å². The van der Waals surface area contributed by atoms with Crippen molar-refractivity contribution in [3.05, 3.63) is 12.7 Å². The molecule has 0 nitrogen and oxygen atoms in total. The van der Waals surface area contributed by atoms with Crippen molar-refractivity contribution >= 4 is 113 Å². The van der Waals surface area contributed by atoms with Crippen LogP contribution in [0.25, 0.3) is 18.8 Å². The second-order valence-electron chi connectivity index (χ2n) is 5.11. The molecule has 0 radical (unpaired) electrons. The van der Waals surface area contributed by atoms with Crippen molar-refractivity contribution in [2.75, 3.05) is 0 Å². The molecule has 0 saturated heterocycles. The first-order valence-corrected chi connectivity index (χ1v) is 13.6. The number of rotatable bonds is 1. The first-order chi connectivity index (χ1) is 8.30. The Balaban J connectivity index is 2.46. The Kier molecular flexibility index (Phi) is 3.67. The number of halogens is 3. The number of fused-ring (bicyclic) bond motifs is 3. The largest absolute Gasteiger partial charge is 0.133 e. The van der Waals surface area contributed by atoms with Crippen LogP contribution in [0.3, 0.4) is 0 Å². The molecule has 3 rings (SSSR count). The Hall–Kier alpha value is 1.28. The van der Waals surface area contributed by atoms with Crippen molar-refractivity contribution in [2.45, 2.75) is 19.6 Å². The molecule has 0 spiro atoms. The second-order valence-corrected chi connectivity index (χ2v) is 17.0. The van der Waals surface area contributed by atoms with Crippen LogP contribution in [-0.2, 0) is 0 Å². The van der Waals surface area contributed by atoms with E-state index in [9.17, 15) is 0 Å². The highest BCUT2D eigenvalue weighted by molar-refractivity contribution is 9.13. The average molecular weight is 505 g/mol. The minimum Gasteiger partial charge on any atom is -0.133 e. The van der Waals surface area contributed by atoms with E-state index in [0.29, 0.717) is 0 Å². The molecule has 18 heavy (non-hydrogen) atoms. The van der Waals surface area contributed by atoms with Crippen LogP contribution in [0.5, 0.6) is 0 Å². The molecule has 3 aromatic heterocycles. The first-order valence-electron chi connectivity index (χ1n) is 5.29. The van der Waals surface area contributed by atoms with Crippen LogP contribution >= 0.6 is 81.8 Å². The molecule has 0 aromatic carbocycles. The fraction of sp³-hybridized carbons (Fsp3) is 0.273. The average Bonchev–Trinajstić information content (AvgIpc) is 2.81. The van der Waals surface area contributed by atoms with Gasteiger partial charge in [0.1, 0.15) is 0 Å². The van der Waals surface area contributed by atoms with E-state index < -0.39 is 8.07 Å². The zero-order valence-electron chi connectivity index (χ0n) is 9.86. The van der Waals surface area contributed by atoms with E-state index in [1.807, 2.05) is 34.0 Å². The van der Waals surface area contributed by atoms with Crippen molar-refractivity contribution in [1.29, 1.82) is 0 Å². The fourth-order valence-corrected chi connectivity index (χ4v) is 12.6. The predicted molar refractivity (Wildman–Crippen MR) is 101 cm³/mol. The third-order valence-electron chi connectivity index (χ3n) is 2.71. The Bertz CT molecular complexity index is 760. The molecule has 0 atom stereocenters. The molecule has 0 aliphatic heterocycles. The van der Waals surface area contributed by atoms with E-state index in [4.69, 9.17) is 0 Å². The molecule has 0 bridgehead atoms. The van der Waals surface area contributed by atoms with E-state index >= 15 is 0 Å². The minimum absolute atomic E-state index is 1.19. The zero-order valence-corrected chi connectivity index (χ0v) is 18.1. The van der Waals surface area contributed by atoms with Crippen LogP contribution < -0.4 is 4.50 Å². The van der Waals surface area contributed by atoms with Crippen LogP contribution in [-0.4, -0.2) is 8.07 Å². The highest BCUT2D eigenvalue weighted by atomic mass is 79.9. The van der Waals surface area contributed by atoms with Gasteiger partial charge in [0.05, 0.1) is 24.4 Å². The van der Waals surface area contributed by atoms with Gasteiger partial charge in [-0.3, -0.25) is 0 Å². The van der Waals surface area contributed by atoms with Crippen molar-refractivity contribution in [2.24, 2.45) is 0 Å². The summed E-state index contributed by atoms with van der Waals surface area (Å²) in [7, 11) is -1.27.